The second-order valence-corrected chi connectivity index (χ2v) is 8.19. The molecule has 1 saturated heterocycles. The van der Waals surface area contributed by atoms with Crippen molar-refractivity contribution in [3.63, 3.8) is 0 Å². The number of anilines is 1. The van der Waals surface area contributed by atoms with E-state index in [2.05, 4.69) is 26.6 Å². The van der Waals surface area contributed by atoms with Crippen molar-refractivity contribution < 1.29 is 13.5 Å². The molecule has 1 fully saturated rings. The maximum atomic E-state index is 13.8. The molecule has 4 aromatic rings. The third-order valence-electron chi connectivity index (χ3n) is 5.93. The molecule has 9 heteroatoms. The quantitative estimate of drug-likeness (QED) is 0.462. The Morgan fingerprint density at radius 2 is 1.89 bits per heavy atom. The first-order valence-electron chi connectivity index (χ1n) is 11.2. The molecular formula is C26H23F2N5O2. The van der Waals surface area contributed by atoms with Gasteiger partial charge in [0.2, 0.25) is 0 Å². The van der Waals surface area contributed by atoms with Gasteiger partial charge in [-0.1, -0.05) is 24.8 Å². The van der Waals surface area contributed by atoms with Gasteiger partial charge in [0.05, 0.1) is 11.3 Å². The lowest BCUT2D eigenvalue weighted by Crippen LogP contribution is -2.37. The van der Waals surface area contributed by atoms with E-state index in [1.54, 1.807) is 31.4 Å². The fourth-order valence-electron chi connectivity index (χ4n) is 4.03. The average Bonchev–Trinajstić information content (AvgIpc) is 2.80. The second kappa shape index (κ2) is 9.17. The van der Waals surface area contributed by atoms with Crippen LogP contribution in [0, 0.1) is 0 Å². The van der Waals surface area contributed by atoms with Crippen LogP contribution in [0.5, 0.6) is 5.75 Å². The number of benzene rings is 2. The third-order valence-corrected chi connectivity index (χ3v) is 5.93. The average molecular weight is 475 g/mol. The highest BCUT2D eigenvalue weighted by atomic mass is 19.3. The lowest BCUT2D eigenvalue weighted by atomic mass is 10.1. The van der Waals surface area contributed by atoms with Crippen LogP contribution in [0.3, 0.4) is 0 Å². The van der Waals surface area contributed by atoms with Crippen LogP contribution >= 0.6 is 0 Å². The Morgan fingerprint density at radius 3 is 2.54 bits per heavy atom. The molecule has 7 nitrogen and oxygen atoms in total. The fraction of sp³-hybridized carbons (Fsp3) is 0.192. The molecule has 178 valence electrons. The Kier molecular flexibility index (Phi) is 5.90. The Bertz CT molecular complexity index is 1560. The van der Waals surface area contributed by atoms with Crippen molar-refractivity contribution in [3.05, 3.63) is 75.4 Å². The molecule has 1 aliphatic heterocycles. The van der Waals surface area contributed by atoms with Crippen LogP contribution in [0.4, 0.5) is 14.6 Å². The number of hydrogen-bond acceptors (Lipinski definition) is 6. The molecule has 1 N–H and O–H groups in total. The molecular weight excluding hydrogens is 452 g/mol. The van der Waals surface area contributed by atoms with Gasteiger partial charge in [-0.2, -0.15) is 18.6 Å². The van der Waals surface area contributed by atoms with E-state index in [0.29, 0.717) is 27.8 Å². The Balaban J connectivity index is 1.74. The molecule has 0 spiro atoms. The minimum absolute atomic E-state index is 0.00921. The van der Waals surface area contributed by atoms with Crippen LogP contribution in [0.1, 0.15) is 6.42 Å². The largest absolute Gasteiger partial charge is 0.435 e. The predicted octanol–water partition coefficient (Wildman–Crippen LogP) is 2.63. The Hall–Kier alpha value is -4.27. The molecule has 35 heavy (non-hydrogen) atoms. The molecule has 2 aromatic carbocycles. The van der Waals surface area contributed by atoms with Crippen LogP contribution in [-0.4, -0.2) is 41.5 Å². The lowest BCUT2D eigenvalue weighted by Gasteiger charge is -2.32. The van der Waals surface area contributed by atoms with Gasteiger partial charge < -0.3 is 15.0 Å². The van der Waals surface area contributed by atoms with Crippen LogP contribution < -0.4 is 31.0 Å². The van der Waals surface area contributed by atoms with Gasteiger partial charge in [-0.15, -0.1) is 0 Å². The summed E-state index contributed by atoms with van der Waals surface area (Å²) in [6.07, 6.45) is 2.88. The number of halogens is 2. The van der Waals surface area contributed by atoms with Crippen LogP contribution in [-0.2, 0) is 0 Å². The molecule has 0 unspecified atom stereocenters. The van der Waals surface area contributed by atoms with Crippen LogP contribution in [0.25, 0.3) is 40.6 Å². The molecule has 0 saturated carbocycles. The van der Waals surface area contributed by atoms with E-state index in [9.17, 15) is 13.6 Å². The first kappa shape index (κ1) is 22.5. The SMILES string of the molecule is C=c1ccc(-n2nc3ccc(N4CCC4)nc3c(-c3ccc(OC(F)F)cc3)c2=O)c/c1=C/NC. The van der Waals surface area contributed by atoms with Crippen molar-refractivity contribution >= 4 is 29.6 Å². The third kappa shape index (κ3) is 4.32. The number of pyridine rings is 1. The molecule has 0 aliphatic carbocycles. The number of aromatic nitrogens is 3. The van der Waals surface area contributed by atoms with Gasteiger partial charge in [0.1, 0.15) is 22.6 Å². The van der Waals surface area contributed by atoms with Gasteiger partial charge >= 0.3 is 6.61 Å². The summed E-state index contributed by atoms with van der Waals surface area (Å²) in [4.78, 5) is 20.7. The topological polar surface area (TPSA) is 72.3 Å². The zero-order chi connectivity index (χ0) is 24.5. The van der Waals surface area contributed by atoms with E-state index in [4.69, 9.17) is 4.98 Å². The van der Waals surface area contributed by atoms with E-state index in [0.717, 1.165) is 35.8 Å². The maximum absolute atomic E-state index is 13.8. The Morgan fingerprint density at radius 1 is 1.11 bits per heavy atom. The van der Waals surface area contributed by atoms with E-state index >= 15 is 0 Å². The van der Waals surface area contributed by atoms with Crippen molar-refractivity contribution in [1.29, 1.82) is 0 Å². The van der Waals surface area contributed by atoms with Crippen LogP contribution in [0.15, 0.2) is 59.4 Å². The van der Waals surface area contributed by atoms with E-state index in [1.165, 1.54) is 16.8 Å². The van der Waals surface area contributed by atoms with E-state index in [-0.39, 0.29) is 11.3 Å². The highest BCUT2D eigenvalue weighted by molar-refractivity contribution is 5.91. The summed E-state index contributed by atoms with van der Waals surface area (Å²) in [5.74, 6) is 0.781. The second-order valence-electron chi connectivity index (χ2n) is 8.19. The smallest absolute Gasteiger partial charge is 0.387 e. The van der Waals surface area contributed by atoms with Gasteiger partial charge in [0.25, 0.3) is 5.56 Å². The summed E-state index contributed by atoms with van der Waals surface area (Å²) < 4.78 is 31.0. The summed E-state index contributed by atoms with van der Waals surface area (Å²) in [6.45, 7) is 2.90. The summed E-state index contributed by atoms with van der Waals surface area (Å²) in [7, 11) is 1.79. The zero-order valence-electron chi connectivity index (χ0n) is 19.0. The van der Waals surface area contributed by atoms with Gasteiger partial charge in [-0.3, -0.25) is 4.79 Å². The van der Waals surface area contributed by atoms with Crippen molar-refractivity contribution in [2.45, 2.75) is 13.0 Å². The highest BCUT2D eigenvalue weighted by Crippen LogP contribution is 2.28. The Labute approximate surface area is 199 Å². The molecule has 0 atom stereocenters. The summed E-state index contributed by atoms with van der Waals surface area (Å²) in [5.41, 5.74) is 2.04. The zero-order valence-corrected chi connectivity index (χ0v) is 19.0. The number of hydrogen-bond donors (Lipinski definition) is 1. The summed E-state index contributed by atoms with van der Waals surface area (Å²) in [5, 5.41) is 9.20. The minimum atomic E-state index is -2.93. The number of alkyl halides is 2. The minimum Gasteiger partial charge on any atom is -0.435 e. The van der Waals surface area contributed by atoms with Gasteiger partial charge in [-0.05, 0) is 58.8 Å². The number of rotatable bonds is 6. The number of nitrogens with zero attached hydrogens (tertiary/aromatic N) is 4. The molecule has 0 radical (unpaired) electrons. The maximum Gasteiger partial charge on any atom is 0.387 e. The molecule has 0 bridgehead atoms. The predicted molar refractivity (Wildman–Crippen MR) is 132 cm³/mol. The molecule has 5 rings (SSSR count). The number of fused-ring (bicyclic) bond motifs is 1. The molecule has 3 heterocycles. The molecule has 2 aromatic heterocycles. The van der Waals surface area contributed by atoms with Crippen molar-refractivity contribution in [1.82, 2.24) is 20.1 Å². The number of ether oxygens (including phenoxy) is 1. The standard InChI is InChI=1S/C26H23F2N5O2/c1-16-4-7-19(14-18(16)15-29-2)33-25(34)23(17-5-8-20(9-6-17)35-26(27)28)24-21(31-33)10-11-22(30-24)32-12-3-13-32/h4-11,14-15,26,29H,1,3,12-13H2,2H3/b18-15-. The first-order chi connectivity index (χ1) is 16.9. The molecule has 1 aliphatic rings. The number of nitrogens with one attached hydrogen (secondary N) is 1. The van der Waals surface area contributed by atoms with Gasteiger partial charge in [-0.25, -0.2) is 4.98 Å². The van der Waals surface area contributed by atoms with E-state index < -0.39 is 6.61 Å². The monoisotopic (exact) mass is 475 g/mol. The molecule has 0 amide bonds. The normalized spacial score (nSPS) is 13.8. The first-order valence-corrected chi connectivity index (χ1v) is 11.2. The van der Waals surface area contributed by atoms with Crippen molar-refractivity contribution in [2.24, 2.45) is 0 Å². The van der Waals surface area contributed by atoms with Crippen molar-refractivity contribution in [3.8, 4) is 22.6 Å². The van der Waals surface area contributed by atoms with Gasteiger partial charge in [0.15, 0.2) is 0 Å². The van der Waals surface area contributed by atoms with Gasteiger partial charge in [0, 0.05) is 26.3 Å². The van der Waals surface area contributed by atoms with E-state index in [1.807, 2.05) is 24.3 Å². The summed E-state index contributed by atoms with van der Waals surface area (Å²) in [6, 6.07) is 15.1. The van der Waals surface area contributed by atoms with Crippen LogP contribution in [0.2, 0.25) is 0 Å². The fourth-order valence-corrected chi connectivity index (χ4v) is 4.03. The van der Waals surface area contributed by atoms with Crippen molar-refractivity contribution in [2.75, 3.05) is 25.0 Å². The summed E-state index contributed by atoms with van der Waals surface area (Å²) >= 11 is 0. The highest BCUT2D eigenvalue weighted by Gasteiger charge is 2.20. The lowest BCUT2D eigenvalue weighted by molar-refractivity contribution is -0.0498.